The number of aliphatic hydroxyl groups excluding tert-OH is 1. The van der Waals surface area contributed by atoms with E-state index >= 15 is 0 Å². The lowest BCUT2D eigenvalue weighted by Gasteiger charge is -2.07. The zero-order valence-corrected chi connectivity index (χ0v) is 3.81. The average Bonchev–Trinajstić information content (AvgIpc) is 1.62. The van der Waals surface area contributed by atoms with Gasteiger partial charge in [-0.3, -0.25) is 0 Å². The zero-order valence-electron chi connectivity index (χ0n) is 3.81. The van der Waals surface area contributed by atoms with Gasteiger partial charge in [0.1, 0.15) is 0 Å². The Balaban J connectivity index is 3.80. The molecular formula is C4H4F3O. The van der Waals surface area contributed by atoms with Crippen molar-refractivity contribution in [2.45, 2.75) is 12.3 Å². The summed E-state index contributed by atoms with van der Waals surface area (Å²) in [4.78, 5) is 0. The van der Waals surface area contributed by atoms with E-state index < -0.39 is 12.3 Å². The molecule has 0 amide bonds. The van der Waals surface area contributed by atoms with Crippen molar-refractivity contribution in [2.75, 3.05) is 0 Å². The summed E-state index contributed by atoms with van der Waals surface area (Å²) in [5.74, 6) is 0. The molecule has 0 aliphatic heterocycles. The third-order valence-electron chi connectivity index (χ3n) is 0.518. The molecule has 0 heterocycles. The first-order valence-corrected chi connectivity index (χ1v) is 1.78. The molecule has 0 saturated heterocycles. The molecule has 1 unspecified atom stereocenters. The highest BCUT2D eigenvalue weighted by molar-refractivity contribution is 4.81. The Hall–Kier alpha value is -0.510. The van der Waals surface area contributed by atoms with Crippen LogP contribution in [0.5, 0.6) is 0 Å². The van der Waals surface area contributed by atoms with Crippen LogP contribution in [-0.2, 0) is 0 Å². The number of rotatable bonds is 1. The van der Waals surface area contributed by atoms with Crippen molar-refractivity contribution in [2.24, 2.45) is 0 Å². The number of hydrogen-bond acceptors (Lipinski definition) is 1. The third kappa shape index (κ3) is 1.97. The van der Waals surface area contributed by atoms with E-state index in [1.165, 1.54) is 0 Å². The van der Waals surface area contributed by atoms with Gasteiger partial charge in [0.05, 0.1) is 0 Å². The lowest BCUT2D eigenvalue weighted by molar-refractivity contribution is -0.187. The SMILES string of the molecule is [CH]=CC(O)C(F)(F)F. The van der Waals surface area contributed by atoms with Crippen LogP contribution in [0.1, 0.15) is 0 Å². The van der Waals surface area contributed by atoms with Gasteiger partial charge >= 0.3 is 6.18 Å². The van der Waals surface area contributed by atoms with E-state index in [0.717, 1.165) is 0 Å². The highest BCUT2D eigenvalue weighted by Crippen LogP contribution is 2.19. The van der Waals surface area contributed by atoms with Gasteiger partial charge in [-0.1, -0.05) is 6.58 Å². The van der Waals surface area contributed by atoms with Gasteiger partial charge in [-0.05, 0) is 6.08 Å². The van der Waals surface area contributed by atoms with E-state index in [1.54, 1.807) is 0 Å². The minimum Gasteiger partial charge on any atom is -0.380 e. The van der Waals surface area contributed by atoms with Crippen LogP contribution in [0.3, 0.4) is 0 Å². The van der Waals surface area contributed by atoms with Gasteiger partial charge in [0.15, 0.2) is 6.10 Å². The molecule has 1 nitrogen and oxygen atoms in total. The molecular weight excluding hydrogens is 121 g/mol. The molecule has 8 heavy (non-hydrogen) atoms. The van der Waals surface area contributed by atoms with Crippen LogP contribution in [0.4, 0.5) is 13.2 Å². The fourth-order valence-corrected chi connectivity index (χ4v) is 0.109. The van der Waals surface area contributed by atoms with Crippen LogP contribution in [0.25, 0.3) is 0 Å². The molecule has 1 radical (unpaired) electrons. The Morgan fingerprint density at radius 2 is 1.88 bits per heavy atom. The second-order valence-corrected chi connectivity index (χ2v) is 1.18. The maximum absolute atomic E-state index is 11.1. The van der Waals surface area contributed by atoms with Crippen LogP contribution >= 0.6 is 0 Å². The summed E-state index contributed by atoms with van der Waals surface area (Å²) in [6.07, 6.45) is -6.93. The van der Waals surface area contributed by atoms with Crippen molar-refractivity contribution in [3.8, 4) is 0 Å². The second-order valence-electron chi connectivity index (χ2n) is 1.18. The summed E-state index contributed by atoms with van der Waals surface area (Å²) in [6, 6.07) is 0. The predicted molar refractivity (Wildman–Crippen MR) is 20.9 cm³/mol. The van der Waals surface area contributed by atoms with Crippen LogP contribution < -0.4 is 0 Å². The molecule has 4 heteroatoms. The first kappa shape index (κ1) is 7.49. The monoisotopic (exact) mass is 125 g/mol. The Morgan fingerprint density at radius 3 is 1.88 bits per heavy atom. The number of halogens is 3. The standard InChI is InChI=1S/C4H4F3O/c1-2-3(8)4(5,6)7/h1-3,8H. The summed E-state index contributed by atoms with van der Waals surface area (Å²) < 4.78 is 33.3. The number of hydrogen-bond donors (Lipinski definition) is 1. The molecule has 0 saturated carbocycles. The maximum atomic E-state index is 11.1. The fourth-order valence-electron chi connectivity index (χ4n) is 0.109. The topological polar surface area (TPSA) is 20.2 Å². The van der Waals surface area contributed by atoms with Crippen LogP contribution in [0, 0.1) is 6.58 Å². The minimum atomic E-state index is -4.62. The van der Waals surface area contributed by atoms with E-state index in [1.807, 2.05) is 0 Å². The molecule has 0 rings (SSSR count). The Bertz CT molecular complexity index is 85.8. The molecule has 47 valence electrons. The van der Waals surface area contributed by atoms with Gasteiger partial charge in [0, 0.05) is 0 Å². The molecule has 1 N–H and O–H groups in total. The first-order valence-electron chi connectivity index (χ1n) is 1.78. The van der Waals surface area contributed by atoms with Gasteiger partial charge in [-0.15, -0.1) is 0 Å². The van der Waals surface area contributed by atoms with Crippen LogP contribution in [0.2, 0.25) is 0 Å². The number of aliphatic hydroxyl groups is 1. The summed E-state index contributed by atoms with van der Waals surface area (Å²) in [5.41, 5.74) is 0. The second kappa shape index (κ2) is 2.17. The van der Waals surface area contributed by atoms with Crippen molar-refractivity contribution in [3.05, 3.63) is 12.7 Å². The summed E-state index contributed by atoms with van der Waals surface area (Å²) in [7, 11) is 0. The van der Waals surface area contributed by atoms with Crippen molar-refractivity contribution >= 4 is 0 Å². The molecule has 0 aliphatic rings. The third-order valence-corrected chi connectivity index (χ3v) is 0.518. The van der Waals surface area contributed by atoms with E-state index in [4.69, 9.17) is 5.11 Å². The number of alkyl halides is 3. The summed E-state index contributed by atoms with van der Waals surface area (Å²) in [5, 5.41) is 7.89. The molecule has 1 atom stereocenters. The molecule has 0 aromatic carbocycles. The Kier molecular flexibility index (Phi) is 2.03. The zero-order chi connectivity index (χ0) is 6.78. The van der Waals surface area contributed by atoms with E-state index in [2.05, 4.69) is 6.58 Å². The fraction of sp³-hybridized carbons (Fsp3) is 0.500. The van der Waals surface area contributed by atoms with Crippen LogP contribution in [0.15, 0.2) is 6.08 Å². The van der Waals surface area contributed by atoms with Gasteiger partial charge in [0.2, 0.25) is 0 Å². The van der Waals surface area contributed by atoms with E-state index in [-0.39, 0.29) is 6.08 Å². The van der Waals surface area contributed by atoms with Crippen molar-refractivity contribution in [3.63, 3.8) is 0 Å². The highest BCUT2D eigenvalue weighted by Gasteiger charge is 2.35. The lowest BCUT2D eigenvalue weighted by atomic mass is 10.3. The molecule has 0 aromatic heterocycles. The Morgan fingerprint density at radius 1 is 1.50 bits per heavy atom. The van der Waals surface area contributed by atoms with Gasteiger partial charge < -0.3 is 5.11 Å². The Labute approximate surface area is 44.4 Å². The molecule has 0 aromatic rings. The quantitative estimate of drug-likeness (QED) is 0.552. The van der Waals surface area contributed by atoms with Crippen molar-refractivity contribution in [1.29, 1.82) is 0 Å². The lowest BCUT2D eigenvalue weighted by Crippen LogP contribution is -2.25. The van der Waals surface area contributed by atoms with E-state index in [0.29, 0.717) is 0 Å². The molecule has 0 spiro atoms. The predicted octanol–water partition coefficient (Wildman–Crippen LogP) is 0.899. The minimum absolute atomic E-state index is 0.181. The van der Waals surface area contributed by atoms with Crippen molar-refractivity contribution in [1.82, 2.24) is 0 Å². The molecule has 0 aliphatic carbocycles. The summed E-state index contributed by atoms with van der Waals surface area (Å²) >= 11 is 0. The largest absolute Gasteiger partial charge is 0.417 e. The van der Waals surface area contributed by atoms with Gasteiger partial charge in [-0.25, -0.2) is 0 Å². The van der Waals surface area contributed by atoms with Crippen molar-refractivity contribution < 1.29 is 18.3 Å². The normalized spacial score (nSPS) is 15.5. The van der Waals surface area contributed by atoms with Crippen LogP contribution in [-0.4, -0.2) is 17.4 Å². The van der Waals surface area contributed by atoms with Gasteiger partial charge in [-0.2, -0.15) is 13.2 Å². The smallest absolute Gasteiger partial charge is 0.380 e. The average molecular weight is 125 g/mol. The van der Waals surface area contributed by atoms with Gasteiger partial charge in [0.25, 0.3) is 0 Å². The summed E-state index contributed by atoms with van der Waals surface area (Å²) in [6.45, 7) is 4.36. The molecule has 0 fully saturated rings. The molecule has 0 bridgehead atoms. The maximum Gasteiger partial charge on any atom is 0.417 e. The first-order chi connectivity index (χ1) is 3.48. The van der Waals surface area contributed by atoms with E-state index in [9.17, 15) is 13.2 Å². The highest BCUT2D eigenvalue weighted by atomic mass is 19.4.